The average Bonchev–Trinajstić information content (AvgIpc) is 2.98. The molecule has 0 amide bonds. The van der Waals surface area contributed by atoms with Gasteiger partial charge in [-0.25, -0.2) is 0 Å². The lowest BCUT2D eigenvalue weighted by Gasteiger charge is -2.16. The average molecular weight is 194 g/mol. The van der Waals surface area contributed by atoms with Gasteiger partial charge in [0.1, 0.15) is 24.4 Å². The first-order valence-electron chi connectivity index (χ1n) is 4.59. The minimum Gasteiger partial charge on any atom is -0.386 e. The van der Waals surface area contributed by atoms with Gasteiger partial charge in [-0.05, 0) is 0 Å². The SMILES string of the molecule is O[C@H]1C=C[C@H](O)[C@]2(C#CC3CO3)O[C@H]12. The van der Waals surface area contributed by atoms with Gasteiger partial charge >= 0.3 is 0 Å². The molecule has 4 nitrogen and oxygen atoms in total. The van der Waals surface area contributed by atoms with Crippen LogP contribution in [-0.2, 0) is 9.47 Å². The van der Waals surface area contributed by atoms with Crippen molar-refractivity contribution in [3.05, 3.63) is 12.2 Å². The second kappa shape index (κ2) is 2.59. The fraction of sp³-hybridized carbons (Fsp3) is 0.600. The normalized spacial score (nSPS) is 53.0. The van der Waals surface area contributed by atoms with Crippen molar-refractivity contribution >= 4 is 0 Å². The Balaban J connectivity index is 1.84. The Morgan fingerprint density at radius 3 is 2.86 bits per heavy atom. The summed E-state index contributed by atoms with van der Waals surface area (Å²) in [4.78, 5) is 0. The van der Waals surface area contributed by atoms with E-state index in [1.54, 1.807) is 0 Å². The van der Waals surface area contributed by atoms with E-state index in [0.717, 1.165) is 0 Å². The lowest BCUT2D eigenvalue weighted by Crippen LogP contribution is -2.36. The summed E-state index contributed by atoms with van der Waals surface area (Å²) in [6.45, 7) is 0.655. The highest BCUT2D eigenvalue weighted by atomic mass is 16.6. The Hall–Kier alpha value is -0.860. The van der Waals surface area contributed by atoms with Crippen LogP contribution in [0.2, 0.25) is 0 Å². The number of hydrogen-bond acceptors (Lipinski definition) is 4. The van der Waals surface area contributed by atoms with E-state index in [2.05, 4.69) is 11.8 Å². The van der Waals surface area contributed by atoms with Crippen molar-refractivity contribution in [2.75, 3.05) is 6.61 Å². The van der Waals surface area contributed by atoms with Crippen LogP contribution in [0.1, 0.15) is 0 Å². The molecule has 0 radical (unpaired) electrons. The predicted octanol–water partition coefficient (Wildman–Crippen LogP) is -1.18. The zero-order valence-corrected chi connectivity index (χ0v) is 7.38. The van der Waals surface area contributed by atoms with Crippen LogP contribution in [0.15, 0.2) is 12.2 Å². The largest absolute Gasteiger partial charge is 0.386 e. The highest BCUT2D eigenvalue weighted by Gasteiger charge is 2.64. The summed E-state index contributed by atoms with van der Waals surface area (Å²) in [6, 6.07) is 0. The fourth-order valence-electron chi connectivity index (χ4n) is 1.70. The predicted molar refractivity (Wildman–Crippen MR) is 46.3 cm³/mol. The zero-order valence-electron chi connectivity index (χ0n) is 7.38. The van der Waals surface area contributed by atoms with Crippen molar-refractivity contribution in [1.29, 1.82) is 0 Å². The van der Waals surface area contributed by atoms with Crippen LogP contribution in [0.5, 0.6) is 0 Å². The van der Waals surface area contributed by atoms with E-state index in [1.807, 2.05) is 0 Å². The molecular weight excluding hydrogens is 184 g/mol. The summed E-state index contributed by atoms with van der Waals surface area (Å²) >= 11 is 0. The third-order valence-electron chi connectivity index (χ3n) is 2.69. The minimum atomic E-state index is -0.875. The molecule has 2 aliphatic heterocycles. The smallest absolute Gasteiger partial charge is 0.187 e. The van der Waals surface area contributed by atoms with Crippen LogP contribution in [0.3, 0.4) is 0 Å². The van der Waals surface area contributed by atoms with Crippen molar-refractivity contribution < 1.29 is 19.7 Å². The number of aliphatic hydroxyl groups is 2. The maximum absolute atomic E-state index is 9.65. The molecule has 0 saturated carbocycles. The molecule has 2 saturated heterocycles. The summed E-state index contributed by atoms with van der Waals surface area (Å²) in [5.41, 5.74) is -0.875. The van der Waals surface area contributed by atoms with Gasteiger partial charge in [-0.15, -0.1) is 0 Å². The van der Waals surface area contributed by atoms with Crippen molar-refractivity contribution in [1.82, 2.24) is 0 Å². The van der Waals surface area contributed by atoms with Gasteiger partial charge in [-0.2, -0.15) is 0 Å². The Morgan fingerprint density at radius 1 is 1.36 bits per heavy atom. The topological polar surface area (TPSA) is 65.5 Å². The molecule has 0 aromatic heterocycles. The van der Waals surface area contributed by atoms with Gasteiger partial charge in [0, 0.05) is 0 Å². The molecular formula is C10H10O4. The van der Waals surface area contributed by atoms with E-state index in [-0.39, 0.29) is 12.2 Å². The molecule has 0 aromatic rings. The van der Waals surface area contributed by atoms with Crippen LogP contribution in [0, 0.1) is 11.8 Å². The highest BCUT2D eigenvalue weighted by Crippen LogP contribution is 2.45. The first kappa shape index (κ1) is 8.45. The quantitative estimate of drug-likeness (QED) is 0.289. The monoisotopic (exact) mass is 194 g/mol. The number of rotatable bonds is 0. The third kappa shape index (κ3) is 1.11. The van der Waals surface area contributed by atoms with Gasteiger partial charge in [0.2, 0.25) is 0 Å². The lowest BCUT2D eigenvalue weighted by atomic mass is 9.90. The Morgan fingerprint density at radius 2 is 2.14 bits per heavy atom. The van der Waals surface area contributed by atoms with Crippen molar-refractivity contribution in [2.45, 2.75) is 30.0 Å². The lowest BCUT2D eigenvalue weighted by molar-refractivity contribution is 0.144. The van der Waals surface area contributed by atoms with Crippen molar-refractivity contribution in [3.8, 4) is 11.8 Å². The van der Waals surface area contributed by atoms with Gasteiger partial charge < -0.3 is 19.7 Å². The molecule has 2 N–H and O–H groups in total. The minimum absolute atomic E-state index is 0.00975. The van der Waals surface area contributed by atoms with Crippen LogP contribution < -0.4 is 0 Å². The second-order valence-corrected chi connectivity index (χ2v) is 3.74. The molecule has 2 heterocycles. The summed E-state index contributed by atoms with van der Waals surface area (Å²) in [6.07, 6.45) is 1.26. The molecule has 1 aliphatic carbocycles. The Kier molecular flexibility index (Phi) is 1.56. The molecule has 3 aliphatic rings. The van der Waals surface area contributed by atoms with Crippen LogP contribution in [0.4, 0.5) is 0 Å². The maximum Gasteiger partial charge on any atom is 0.187 e. The van der Waals surface area contributed by atoms with Crippen molar-refractivity contribution in [2.24, 2.45) is 0 Å². The molecule has 14 heavy (non-hydrogen) atoms. The van der Waals surface area contributed by atoms with Crippen LogP contribution in [-0.4, -0.2) is 46.8 Å². The van der Waals surface area contributed by atoms with E-state index < -0.39 is 17.8 Å². The molecule has 4 heteroatoms. The third-order valence-corrected chi connectivity index (χ3v) is 2.69. The zero-order chi connectivity index (χ0) is 9.76. The Bertz CT molecular complexity index is 349. The number of ether oxygens (including phenoxy) is 2. The number of epoxide rings is 2. The van der Waals surface area contributed by atoms with E-state index in [4.69, 9.17) is 9.47 Å². The first-order valence-corrected chi connectivity index (χ1v) is 4.59. The second-order valence-electron chi connectivity index (χ2n) is 3.74. The van der Waals surface area contributed by atoms with Gasteiger partial charge in [0.25, 0.3) is 0 Å². The molecule has 0 spiro atoms. The highest BCUT2D eigenvalue weighted by molar-refractivity contribution is 5.37. The van der Waals surface area contributed by atoms with E-state index in [1.165, 1.54) is 12.2 Å². The molecule has 0 bridgehead atoms. The first-order chi connectivity index (χ1) is 6.72. The van der Waals surface area contributed by atoms with E-state index in [9.17, 15) is 10.2 Å². The molecule has 5 atom stereocenters. The summed E-state index contributed by atoms with van der Waals surface area (Å²) in [5, 5.41) is 19.1. The number of hydrogen-bond donors (Lipinski definition) is 2. The van der Waals surface area contributed by atoms with Crippen LogP contribution >= 0.6 is 0 Å². The maximum atomic E-state index is 9.65. The molecule has 2 fully saturated rings. The van der Waals surface area contributed by atoms with Crippen molar-refractivity contribution in [3.63, 3.8) is 0 Å². The summed E-state index contributed by atoms with van der Waals surface area (Å²) in [5.74, 6) is 5.71. The van der Waals surface area contributed by atoms with Gasteiger partial charge in [0.15, 0.2) is 5.60 Å². The molecule has 3 rings (SSSR count). The molecule has 74 valence electrons. The van der Waals surface area contributed by atoms with E-state index in [0.29, 0.717) is 6.61 Å². The van der Waals surface area contributed by atoms with Crippen LogP contribution in [0.25, 0.3) is 0 Å². The van der Waals surface area contributed by atoms with Gasteiger partial charge in [-0.3, -0.25) is 0 Å². The van der Waals surface area contributed by atoms with Gasteiger partial charge in [0.05, 0.1) is 6.61 Å². The number of aliphatic hydroxyl groups excluding tert-OH is 2. The fourth-order valence-corrected chi connectivity index (χ4v) is 1.70. The van der Waals surface area contributed by atoms with Gasteiger partial charge in [-0.1, -0.05) is 24.0 Å². The Labute approximate surface area is 81.1 Å². The molecule has 0 aromatic carbocycles. The summed E-state index contributed by atoms with van der Waals surface area (Å²) < 4.78 is 10.2. The molecule has 1 unspecified atom stereocenters. The number of fused-ring (bicyclic) bond motifs is 1. The van der Waals surface area contributed by atoms with E-state index >= 15 is 0 Å². The standard InChI is InChI=1S/C10H10O4/c11-7-1-2-8(12)10(9(7)14-10)4-3-6-5-13-6/h1-2,6-9,11-12H,5H2/t6?,7-,8-,9+,10-/m0/s1. The summed E-state index contributed by atoms with van der Waals surface area (Å²) in [7, 11) is 0.